The van der Waals surface area contributed by atoms with Gasteiger partial charge in [0.25, 0.3) is 0 Å². The number of hydrogen-bond acceptors (Lipinski definition) is 3. The quantitative estimate of drug-likeness (QED) is 0.486. The van der Waals surface area contributed by atoms with Crippen molar-refractivity contribution >= 4 is 7.75 Å². The number of rotatable bonds is 3. The SMILES string of the molecule is COP(=O)(OC)N1[C@H](C)[C@H]1C. The molecule has 0 radical (unpaired) electrons. The van der Waals surface area contributed by atoms with Crippen molar-refractivity contribution in [2.45, 2.75) is 25.9 Å². The first kappa shape index (κ1) is 9.20. The van der Waals surface area contributed by atoms with Crippen LogP contribution in [0.4, 0.5) is 0 Å². The van der Waals surface area contributed by atoms with E-state index in [4.69, 9.17) is 9.05 Å². The molecule has 4 nitrogen and oxygen atoms in total. The molecule has 1 aliphatic heterocycles. The molecule has 0 aromatic carbocycles. The molecule has 0 bridgehead atoms. The predicted octanol–water partition coefficient (Wildman–Crippen LogP) is 1.48. The normalized spacial score (nSPS) is 37.3. The molecule has 0 saturated carbocycles. The van der Waals surface area contributed by atoms with Gasteiger partial charge in [0, 0.05) is 26.3 Å². The first-order valence-corrected chi connectivity index (χ1v) is 5.06. The van der Waals surface area contributed by atoms with E-state index in [0.717, 1.165) is 0 Å². The summed E-state index contributed by atoms with van der Waals surface area (Å²) < 4.78 is 23.0. The van der Waals surface area contributed by atoms with Crippen molar-refractivity contribution in [2.75, 3.05) is 14.2 Å². The van der Waals surface area contributed by atoms with Gasteiger partial charge in [0.1, 0.15) is 0 Å². The molecule has 0 aromatic rings. The third-order valence-corrected chi connectivity index (χ3v) is 4.40. The summed E-state index contributed by atoms with van der Waals surface area (Å²) in [6.45, 7) is 3.99. The molecule has 1 fully saturated rings. The van der Waals surface area contributed by atoms with Crippen LogP contribution in [0, 0.1) is 0 Å². The van der Waals surface area contributed by atoms with Gasteiger partial charge in [-0.05, 0) is 13.8 Å². The summed E-state index contributed by atoms with van der Waals surface area (Å²) in [5.74, 6) is 0. The molecule has 0 aromatic heterocycles. The van der Waals surface area contributed by atoms with E-state index >= 15 is 0 Å². The molecule has 66 valence electrons. The fourth-order valence-electron chi connectivity index (χ4n) is 1.19. The zero-order chi connectivity index (χ0) is 8.65. The van der Waals surface area contributed by atoms with E-state index in [1.54, 1.807) is 4.67 Å². The van der Waals surface area contributed by atoms with Crippen molar-refractivity contribution in [3.8, 4) is 0 Å². The minimum atomic E-state index is -2.92. The topological polar surface area (TPSA) is 38.5 Å². The van der Waals surface area contributed by atoms with Crippen LogP contribution in [0.25, 0.3) is 0 Å². The summed E-state index contributed by atoms with van der Waals surface area (Å²) in [4.78, 5) is 0. The van der Waals surface area contributed by atoms with E-state index in [1.807, 2.05) is 13.8 Å². The molecular formula is C6H14NO3P. The summed E-state index contributed by atoms with van der Waals surface area (Å²) in [7, 11) is -0.111. The molecule has 0 aliphatic carbocycles. The molecule has 1 aliphatic rings. The van der Waals surface area contributed by atoms with Crippen molar-refractivity contribution in [2.24, 2.45) is 0 Å². The molecule has 0 spiro atoms. The van der Waals surface area contributed by atoms with Crippen molar-refractivity contribution < 1.29 is 13.6 Å². The molecule has 0 amide bonds. The standard InChI is InChI=1S/C6H14NO3P/c1-5-6(2)7(5)11(8,9-3)10-4/h5-6H,1-4H3/t5-,6-/m1/s1. The fraction of sp³-hybridized carbons (Fsp3) is 1.00. The van der Waals surface area contributed by atoms with Gasteiger partial charge in [-0.15, -0.1) is 0 Å². The lowest BCUT2D eigenvalue weighted by atomic mass is 10.4. The number of hydrogen-bond donors (Lipinski definition) is 0. The molecule has 2 atom stereocenters. The van der Waals surface area contributed by atoms with Crippen LogP contribution in [0.5, 0.6) is 0 Å². The smallest absolute Gasteiger partial charge is 0.300 e. The van der Waals surface area contributed by atoms with Gasteiger partial charge in [-0.1, -0.05) is 0 Å². The van der Waals surface area contributed by atoms with Gasteiger partial charge < -0.3 is 0 Å². The van der Waals surface area contributed by atoms with Crippen molar-refractivity contribution in [3.63, 3.8) is 0 Å². The highest BCUT2D eigenvalue weighted by Gasteiger charge is 2.53. The average molecular weight is 179 g/mol. The van der Waals surface area contributed by atoms with E-state index in [0.29, 0.717) is 12.1 Å². The molecule has 1 heterocycles. The Bertz CT molecular complexity index is 180. The molecule has 1 saturated heterocycles. The second-order valence-corrected chi connectivity index (χ2v) is 4.82. The second-order valence-electron chi connectivity index (χ2n) is 2.69. The maximum absolute atomic E-state index is 11.6. The van der Waals surface area contributed by atoms with Gasteiger partial charge in [-0.25, -0.2) is 9.24 Å². The molecule has 0 unspecified atom stereocenters. The van der Waals surface area contributed by atoms with E-state index in [-0.39, 0.29) is 0 Å². The van der Waals surface area contributed by atoms with Crippen LogP contribution in [-0.4, -0.2) is 31.0 Å². The van der Waals surface area contributed by atoms with E-state index < -0.39 is 7.75 Å². The maximum Gasteiger partial charge on any atom is 0.408 e. The van der Waals surface area contributed by atoms with Crippen LogP contribution in [-0.2, 0) is 13.6 Å². The highest BCUT2D eigenvalue weighted by molar-refractivity contribution is 7.51. The minimum absolute atomic E-state index is 0.306. The van der Waals surface area contributed by atoms with Crippen molar-refractivity contribution in [1.82, 2.24) is 4.67 Å². The Kier molecular flexibility index (Phi) is 2.40. The van der Waals surface area contributed by atoms with Crippen LogP contribution in [0.3, 0.4) is 0 Å². The minimum Gasteiger partial charge on any atom is -0.300 e. The lowest BCUT2D eigenvalue weighted by Gasteiger charge is -2.14. The summed E-state index contributed by atoms with van der Waals surface area (Å²) in [6.07, 6.45) is 0. The van der Waals surface area contributed by atoms with Gasteiger partial charge in [-0.2, -0.15) is 0 Å². The molecule has 11 heavy (non-hydrogen) atoms. The highest BCUT2D eigenvalue weighted by atomic mass is 31.2. The van der Waals surface area contributed by atoms with E-state index in [1.165, 1.54) is 14.2 Å². The average Bonchev–Trinajstić information content (AvgIpc) is 2.60. The molecule has 5 heteroatoms. The Morgan fingerprint density at radius 3 is 1.64 bits per heavy atom. The Morgan fingerprint density at radius 2 is 1.55 bits per heavy atom. The second kappa shape index (κ2) is 2.87. The Morgan fingerprint density at radius 1 is 1.18 bits per heavy atom. The number of nitrogens with zero attached hydrogens (tertiary/aromatic N) is 1. The van der Waals surface area contributed by atoms with Crippen LogP contribution >= 0.6 is 7.75 Å². The zero-order valence-corrected chi connectivity index (χ0v) is 8.17. The molecule has 1 rings (SSSR count). The first-order chi connectivity index (χ1) is 5.06. The lowest BCUT2D eigenvalue weighted by Crippen LogP contribution is -2.02. The predicted molar refractivity (Wildman–Crippen MR) is 42.4 cm³/mol. The van der Waals surface area contributed by atoms with Crippen LogP contribution < -0.4 is 0 Å². The highest BCUT2D eigenvalue weighted by Crippen LogP contribution is 2.60. The Balaban J connectivity index is 2.66. The van der Waals surface area contributed by atoms with Crippen molar-refractivity contribution in [3.05, 3.63) is 0 Å². The maximum atomic E-state index is 11.6. The van der Waals surface area contributed by atoms with Crippen LogP contribution in [0.2, 0.25) is 0 Å². The van der Waals surface area contributed by atoms with Crippen molar-refractivity contribution in [1.29, 1.82) is 0 Å². The first-order valence-electron chi connectivity index (χ1n) is 3.57. The summed E-state index contributed by atoms with van der Waals surface area (Å²) in [5, 5.41) is 0. The Hall–Kier alpha value is 0.110. The summed E-state index contributed by atoms with van der Waals surface area (Å²) in [6, 6.07) is 0.612. The van der Waals surface area contributed by atoms with E-state index in [2.05, 4.69) is 0 Å². The zero-order valence-electron chi connectivity index (χ0n) is 7.27. The van der Waals surface area contributed by atoms with Gasteiger partial charge in [-0.3, -0.25) is 9.05 Å². The summed E-state index contributed by atoms with van der Waals surface area (Å²) >= 11 is 0. The fourth-order valence-corrected chi connectivity index (χ4v) is 2.94. The third-order valence-electron chi connectivity index (χ3n) is 2.19. The van der Waals surface area contributed by atoms with Crippen LogP contribution in [0.15, 0.2) is 0 Å². The van der Waals surface area contributed by atoms with Gasteiger partial charge in [0.2, 0.25) is 0 Å². The van der Waals surface area contributed by atoms with Gasteiger partial charge in [0.05, 0.1) is 0 Å². The van der Waals surface area contributed by atoms with Crippen LogP contribution in [0.1, 0.15) is 13.8 Å². The lowest BCUT2D eigenvalue weighted by molar-refractivity contribution is 0.243. The van der Waals surface area contributed by atoms with E-state index in [9.17, 15) is 4.57 Å². The molecule has 0 N–H and O–H groups in total. The molecular weight excluding hydrogens is 165 g/mol. The third kappa shape index (κ3) is 1.36. The Labute approximate surface area is 67.1 Å². The van der Waals surface area contributed by atoms with Gasteiger partial charge >= 0.3 is 7.75 Å². The largest absolute Gasteiger partial charge is 0.408 e. The van der Waals surface area contributed by atoms with Gasteiger partial charge in [0.15, 0.2) is 0 Å². The summed E-state index contributed by atoms with van der Waals surface area (Å²) in [5.41, 5.74) is 0. The monoisotopic (exact) mass is 179 g/mol.